The third kappa shape index (κ3) is 3.28. The molecule has 0 bridgehead atoms. The number of ether oxygens (including phenoxy) is 1. The molecule has 21 heavy (non-hydrogen) atoms. The molecule has 0 aromatic carbocycles. The lowest BCUT2D eigenvalue weighted by molar-refractivity contribution is 0.0686. The van der Waals surface area contributed by atoms with Crippen LogP contribution in [0.25, 0.3) is 0 Å². The topological polar surface area (TPSA) is 88.8 Å². The highest BCUT2D eigenvalue weighted by molar-refractivity contribution is 7.89. The minimum Gasteiger partial charge on any atom is -0.477 e. The molecule has 1 aromatic heterocycles. The molecule has 1 fully saturated rings. The molecule has 2 heterocycles. The molecule has 1 aliphatic heterocycles. The summed E-state index contributed by atoms with van der Waals surface area (Å²) in [4.78, 5) is 11.1. The van der Waals surface area contributed by atoms with Gasteiger partial charge in [-0.3, -0.25) is 0 Å². The van der Waals surface area contributed by atoms with Crippen molar-refractivity contribution in [1.29, 1.82) is 0 Å². The van der Waals surface area contributed by atoms with Crippen LogP contribution < -0.4 is 0 Å². The molecule has 118 valence electrons. The van der Waals surface area contributed by atoms with E-state index in [1.54, 1.807) is 7.11 Å². The summed E-state index contributed by atoms with van der Waals surface area (Å²) in [6.07, 6.45) is 3.07. The van der Waals surface area contributed by atoms with Gasteiger partial charge in [0.1, 0.15) is 10.6 Å². The Balaban J connectivity index is 2.25. The van der Waals surface area contributed by atoms with Crippen LogP contribution in [0.4, 0.5) is 0 Å². The first-order valence-corrected chi connectivity index (χ1v) is 8.19. The molecule has 1 aromatic rings. The molecule has 0 aliphatic carbocycles. The van der Waals surface area contributed by atoms with E-state index in [1.165, 1.54) is 28.2 Å². The lowest BCUT2D eigenvalue weighted by Crippen LogP contribution is -2.41. The zero-order chi connectivity index (χ0) is 15.6. The first-order valence-electron chi connectivity index (χ1n) is 6.75. The van der Waals surface area contributed by atoms with Crippen molar-refractivity contribution in [2.75, 3.05) is 26.8 Å². The van der Waals surface area contributed by atoms with Crippen molar-refractivity contribution < 1.29 is 23.1 Å². The lowest BCUT2D eigenvalue weighted by Gasteiger charge is -2.31. The standard InChI is InChI=1S/C13H20N2O5S/c1-14-8-11(6-12(14)13(16)17)21(18,19)15-5-3-4-10(7-15)9-20-2/h6,8,10H,3-5,7,9H2,1-2H3,(H,16,17). The lowest BCUT2D eigenvalue weighted by atomic mass is 10.0. The number of carboxylic acid groups (broad SMARTS) is 1. The van der Waals surface area contributed by atoms with Crippen molar-refractivity contribution in [3.05, 3.63) is 18.0 Å². The second kappa shape index (κ2) is 6.17. The SMILES string of the molecule is COCC1CCCN(S(=O)(=O)c2cc(C(=O)O)n(C)c2)C1. The average molecular weight is 316 g/mol. The Kier molecular flexibility index (Phi) is 4.70. The van der Waals surface area contributed by atoms with Crippen LogP contribution in [0.5, 0.6) is 0 Å². The van der Waals surface area contributed by atoms with E-state index in [9.17, 15) is 13.2 Å². The summed E-state index contributed by atoms with van der Waals surface area (Å²) in [5.74, 6) is -0.962. The molecule has 1 unspecified atom stereocenters. The Morgan fingerprint density at radius 3 is 2.81 bits per heavy atom. The second-order valence-corrected chi connectivity index (χ2v) is 7.24. The number of methoxy groups -OCH3 is 1. The smallest absolute Gasteiger partial charge is 0.352 e. The number of carbonyl (C=O) groups is 1. The molecule has 1 saturated heterocycles. The van der Waals surface area contributed by atoms with E-state index in [2.05, 4.69) is 0 Å². The summed E-state index contributed by atoms with van der Waals surface area (Å²) in [5.41, 5.74) is -0.0426. The number of aromatic nitrogens is 1. The van der Waals surface area contributed by atoms with E-state index in [4.69, 9.17) is 9.84 Å². The van der Waals surface area contributed by atoms with Crippen molar-refractivity contribution >= 4 is 16.0 Å². The van der Waals surface area contributed by atoms with Crippen LogP contribution in [0.1, 0.15) is 23.3 Å². The minimum absolute atomic E-state index is 0.0282. The third-order valence-corrected chi connectivity index (χ3v) is 5.55. The molecule has 8 heteroatoms. The number of hydrogen-bond acceptors (Lipinski definition) is 4. The summed E-state index contributed by atoms with van der Waals surface area (Å²) >= 11 is 0. The first kappa shape index (κ1) is 16.0. The van der Waals surface area contributed by atoms with Gasteiger partial charge >= 0.3 is 5.97 Å². The highest BCUT2D eigenvalue weighted by Crippen LogP contribution is 2.25. The minimum atomic E-state index is -3.65. The van der Waals surface area contributed by atoms with E-state index in [-0.39, 0.29) is 16.5 Å². The average Bonchev–Trinajstić information content (AvgIpc) is 2.82. The maximum atomic E-state index is 12.6. The number of hydrogen-bond donors (Lipinski definition) is 1. The van der Waals surface area contributed by atoms with Crippen molar-refractivity contribution in [2.24, 2.45) is 13.0 Å². The van der Waals surface area contributed by atoms with Crippen molar-refractivity contribution in [3.63, 3.8) is 0 Å². The molecular weight excluding hydrogens is 296 g/mol. The number of aryl methyl sites for hydroxylation is 1. The normalized spacial score (nSPS) is 20.6. The van der Waals surface area contributed by atoms with Gasteiger partial charge in [0.05, 0.1) is 6.61 Å². The van der Waals surface area contributed by atoms with E-state index in [1.807, 2.05) is 0 Å². The number of sulfonamides is 1. The van der Waals surface area contributed by atoms with Crippen LogP contribution in [0.15, 0.2) is 17.2 Å². The van der Waals surface area contributed by atoms with Crippen molar-refractivity contribution in [3.8, 4) is 0 Å². The zero-order valence-electron chi connectivity index (χ0n) is 12.2. The third-order valence-electron chi connectivity index (χ3n) is 3.72. The van der Waals surface area contributed by atoms with Gasteiger partial charge in [0.2, 0.25) is 10.0 Å². The second-order valence-electron chi connectivity index (χ2n) is 5.30. The molecule has 2 rings (SSSR count). The fraction of sp³-hybridized carbons (Fsp3) is 0.615. The van der Waals surface area contributed by atoms with Crippen LogP contribution in [0, 0.1) is 5.92 Å². The van der Waals surface area contributed by atoms with Crippen LogP contribution in [-0.4, -0.2) is 55.2 Å². The van der Waals surface area contributed by atoms with E-state index >= 15 is 0 Å². The largest absolute Gasteiger partial charge is 0.477 e. The van der Waals surface area contributed by atoms with Gasteiger partial charge in [0.25, 0.3) is 0 Å². The number of piperidine rings is 1. The summed E-state index contributed by atoms with van der Waals surface area (Å²) in [6, 6.07) is 1.21. The van der Waals surface area contributed by atoms with Crippen LogP contribution in [0.2, 0.25) is 0 Å². The molecule has 1 N–H and O–H groups in total. The van der Waals surface area contributed by atoms with Crippen LogP contribution in [-0.2, 0) is 21.8 Å². The summed E-state index contributed by atoms with van der Waals surface area (Å²) in [7, 11) is -0.534. The van der Waals surface area contributed by atoms with Gasteiger partial charge in [-0.25, -0.2) is 13.2 Å². The molecular formula is C13H20N2O5S. The van der Waals surface area contributed by atoms with Gasteiger partial charge in [0, 0.05) is 33.4 Å². The highest BCUT2D eigenvalue weighted by Gasteiger charge is 2.31. The monoisotopic (exact) mass is 316 g/mol. The van der Waals surface area contributed by atoms with Gasteiger partial charge in [-0.05, 0) is 24.8 Å². The number of carboxylic acids is 1. The van der Waals surface area contributed by atoms with E-state index in [0.717, 1.165) is 12.8 Å². The first-order chi connectivity index (χ1) is 9.86. The molecule has 0 amide bonds. The molecule has 7 nitrogen and oxygen atoms in total. The fourth-order valence-electron chi connectivity index (χ4n) is 2.65. The predicted molar refractivity (Wildman–Crippen MR) is 75.7 cm³/mol. The van der Waals surface area contributed by atoms with Gasteiger partial charge in [0.15, 0.2) is 0 Å². The Morgan fingerprint density at radius 1 is 1.52 bits per heavy atom. The van der Waals surface area contributed by atoms with Gasteiger partial charge < -0.3 is 14.4 Å². The maximum absolute atomic E-state index is 12.6. The number of aromatic carboxylic acids is 1. The molecule has 0 radical (unpaired) electrons. The van der Waals surface area contributed by atoms with Gasteiger partial charge in [-0.2, -0.15) is 4.31 Å². The highest BCUT2D eigenvalue weighted by atomic mass is 32.2. The predicted octanol–water partition coefficient (Wildman–Crippen LogP) is 0.770. The molecule has 0 saturated carbocycles. The van der Waals surface area contributed by atoms with Crippen LogP contribution >= 0.6 is 0 Å². The van der Waals surface area contributed by atoms with Crippen LogP contribution in [0.3, 0.4) is 0 Å². The Morgan fingerprint density at radius 2 is 2.24 bits per heavy atom. The van der Waals surface area contributed by atoms with Crippen molar-refractivity contribution in [1.82, 2.24) is 8.87 Å². The summed E-state index contributed by atoms with van der Waals surface area (Å²) in [6.45, 7) is 1.40. The molecule has 1 atom stereocenters. The fourth-order valence-corrected chi connectivity index (χ4v) is 4.28. The van der Waals surface area contributed by atoms with E-state index in [0.29, 0.717) is 19.7 Å². The maximum Gasteiger partial charge on any atom is 0.352 e. The summed E-state index contributed by atoms with van der Waals surface area (Å²) in [5, 5.41) is 9.02. The van der Waals surface area contributed by atoms with Crippen molar-refractivity contribution in [2.45, 2.75) is 17.7 Å². The Hall–Kier alpha value is -1.38. The number of nitrogens with zero attached hydrogens (tertiary/aromatic N) is 2. The number of rotatable bonds is 5. The zero-order valence-corrected chi connectivity index (χ0v) is 13.0. The molecule has 1 aliphatic rings. The van der Waals surface area contributed by atoms with E-state index < -0.39 is 16.0 Å². The quantitative estimate of drug-likeness (QED) is 0.867. The Labute approximate surface area is 124 Å². The summed E-state index contributed by atoms with van der Waals surface area (Å²) < 4.78 is 33.0. The van der Waals surface area contributed by atoms with Gasteiger partial charge in [-0.15, -0.1) is 0 Å². The Bertz CT molecular complexity index is 621. The molecule has 0 spiro atoms. The van der Waals surface area contributed by atoms with Gasteiger partial charge in [-0.1, -0.05) is 0 Å².